The number of carboxylic acids is 1. The second kappa shape index (κ2) is 34.3. The number of ketones is 2. The Balaban J connectivity index is 0.000000222. The molecule has 2 bridgehead atoms. The van der Waals surface area contributed by atoms with E-state index in [1.165, 1.54) is 30.3 Å². The molecule has 6 aromatic heterocycles. The minimum absolute atomic E-state index is 0.0113. The molecule has 1 aliphatic heterocycles. The first-order valence-electron chi connectivity index (χ1n) is 33.7. The fourth-order valence-electron chi connectivity index (χ4n) is 13.3. The number of esters is 1. The molecule has 3 saturated carbocycles. The zero-order valence-electron chi connectivity index (χ0n) is 56.8. The van der Waals surface area contributed by atoms with E-state index < -0.39 is 23.8 Å². The smallest absolute Gasteiger partial charge is 0.471 e. The van der Waals surface area contributed by atoms with Crippen LogP contribution in [0.5, 0.6) is 0 Å². The lowest BCUT2D eigenvalue weighted by molar-refractivity contribution is -0.199. The number of Topliss-reactive ketones (excluding diaryl/α,β-unsaturated/α-hetero) is 2. The standard InChI is InChI=1S/C45H55BN4O5S.C31H33BN4O5S/c1-43(2,3)53-42(52)32-14-11-13-31(23-32)24-41(46-54-40-26-34-25-39(44(34,4)5)45(40,6)55-46)56-22-12-17-38(51)33-18-19-37(49-27-33)30-50(28-35-15-7-9-20-47-35)29-36-16-8-10-21-48-36;37-29(11-6-16-42-30(32(40)41)18-23-7-5-8-24(17-23)31(38)39)25-12-13-28(35-19-25)22-36(20-26-9-1-3-14-33-26)21-27-10-2-4-15-34-27/h7-11,13-16,18-21,23,27,34,39-41H,12,17,22,24-26,28-30H2,1-6H3;1-5,7-10,12-15,17,19,30,40-41H,6,11,16,18,20-22H2,(H,38,39). The van der Waals surface area contributed by atoms with Crippen LogP contribution in [0, 0.1) is 17.3 Å². The third kappa shape index (κ3) is 20.7. The Morgan fingerprint density at radius 2 is 1.04 bits per heavy atom. The molecule has 3 N–H and O–H groups in total. The second-order valence-corrected chi connectivity index (χ2v) is 30.1. The van der Waals surface area contributed by atoms with Gasteiger partial charge in [0, 0.05) is 111 Å². The largest absolute Gasteiger partial charge is 0.478 e. The van der Waals surface area contributed by atoms with Crippen molar-refractivity contribution in [2.45, 2.75) is 160 Å². The van der Waals surface area contributed by atoms with Crippen LogP contribution in [-0.2, 0) is 66.2 Å². The van der Waals surface area contributed by atoms with Gasteiger partial charge in [-0.15, -0.1) is 0 Å². The molecule has 6 atom stereocenters. The molecule has 2 aromatic carbocycles. The van der Waals surface area contributed by atoms with Crippen LogP contribution in [0.4, 0.5) is 0 Å². The fourth-order valence-corrected chi connectivity index (χ4v) is 15.6. The summed E-state index contributed by atoms with van der Waals surface area (Å²) in [6.07, 6.45) is 15.8. The Bertz CT molecular complexity index is 3800. The van der Waals surface area contributed by atoms with Gasteiger partial charge in [-0.3, -0.25) is 49.3 Å². The number of hydrogen-bond acceptors (Lipinski definition) is 19. The summed E-state index contributed by atoms with van der Waals surface area (Å²) in [7, 11) is -1.94. The number of carbonyl (C=O) groups excluding carboxylic acids is 3. The molecule has 8 aromatic rings. The third-order valence-corrected chi connectivity index (χ3v) is 21.2. The van der Waals surface area contributed by atoms with Crippen molar-refractivity contribution in [3.8, 4) is 0 Å². The molecule has 22 heteroatoms. The number of thioether (sulfide) groups is 2. The van der Waals surface area contributed by atoms with Crippen molar-refractivity contribution in [3.05, 3.63) is 250 Å². The van der Waals surface area contributed by atoms with Crippen LogP contribution >= 0.6 is 23.5 Å². The lowest BCUT2D eigenvalue weighted by Crippen LogP contribution is -2.65. The monoisotopic (exact) mass is 1360 g/mol. The maximum Gasteiger partial charge on any atom is 0.471 e. The quantitative estimate of drug-likeness (QED) is 0.0154. The van der Waals surface area contributed by atoms with Gasteiger partial charge in [-0.1, -0.05) is 62.4 Å². The highest BCUT2D eigenvalue weighted by Crippen LogP contribution is 2.66. The van der Waals surface area contributed by atoms with Crippen molar-refractivity contribution in [2.75, 3.05) is 11.5 Å². The summed E-state index contributed by atoms with van der Waals surface area (Å²) >= 11 is 3.15. The number of ether oxygens (including phenoxy) is 1. The Labute approximate surface area is 584 Å². The number of aromatic nitrogens is 6. The molecule has 4 fully saturated rings. The Kier molecular flexibility index (Phi) is 25.5. The number of benzene rings is 2. The summed E-state index contributed by atoms with van der Waals surface area (Å²) in [4.78, 5) is 82.0. The molecule has 7 heterocycles. The number of nitrogens with zero attached hydrogens (tertiary/aromatic N) is 8. The van der Waals surface area contributed by atoms with E-state index >= 15 is 0 Å². The van der Waals surface area contributed by atoms with Gasteiger partial charge in [-0.2, -0.15) is 23.5 Å². The van der Waals surface area contributed by atoms with Crippen LogP contribution < -0.4 is 0 Å². The van der Waals surface area contributed by atoms with E-state index in [1.807, 2.05) is 136 Å². The van der Waals surface area contributed by atoms with Gasteiger partial charge in [-0.05, 0) is 203 Å². The van der Waals surface area contributed by atoms with Gasteiger partial charge in [0.05, 0.1) is 57.0 Å². The molecule has 1 saturated heterocycles. The third-order valence-electron chi connectivity index (χ3n) is 18.5. The molecular formula is C76H88B2N8O10S2. The Morgan fingerprint density at radius 3 is 1.47 bits per heavy atom. The normalized spacial score (nSPS) is 18.2. The maximum atomic E-state index is 13.4. The van der Waals surface area contributed by atoms with Gasteiger partial charge < -0.3 is 29.2 Å². The van der Waals surface area contributed by atoms with E-state index in [1.54, 1.807) is 60.8 Å². The second-order valence-electron chi connectivity index (χ2n) is 27.4. The molecule has 12 rings (SSSR count). The topological polar surface area (TPSA) is 240 Å². The van der Waals surface area contributed by atoms with Crippen LogP contribution in [0.3, 0.4) is 0 Å². The summed E-state index contributed by atoms with van der Waals surface area (Å²) in [6.45, 7) is 16.4. The van der Waals surface area contributed by atoms with E-state index in [0.717, 1.165) is 51.9 Å². The summed E-state index contributed by atoms with van der Waals surface area (Å²) in [5.41, 5.74) is 8.51. The van der Waals surface area contributed by atoms with E-state index in [0.29, 0.717) is 118 Å². The van der Waals surface area contributed by atoms with Gasteiger partial charge >= 0.3 is 26.2 Å². The highest BCUT2D eigenvalue weighted by Gasteiger charge is 2.68. The lowest BCUT2D eigenvalue weighted by atomic mass is 9.43. The first kappa shape index (κ1) is 72.9. The molecule has 6 unspecified atom stereocenters. The highest BCUT2D eigenvalue weighted by molar-refractivity contribution is 8.01. The van der Waals surface area contributed by atoms with Crippen LogP contribution in [0.15, 0.2) is 183 Å². The molecule has 510 valence electrons. The number of carbonyl (C=O) groups is 4. The van der Waals surface area contributed by atoms with Crippen molar-refractivity contribution in [1.29, 1.82) is 0 Å². The highest BCUT2D eigenvalue weighted by atomic mass is 32.2. The predicted molar refractivity (Wildman–Crippen MR) is 384 cm³/mol. The molecular weight excluding hydrogens is 1270 g/mol. The van der Waals surface area contributed by atoms with Crippen LogP contribution in [-0.4, -0.2) is 132 Å². The average Bonchev–Trinajstić information content (AvgIpc) is 1.34. The van der Waals surface area contributed by atoms with Crippen LogP contribution in [0.25, 0.3) is 0 Å². The van der Waals surface area contributed by atoms with Gasteiger partial charge in [-0.25, -0.2) is 9.59 Å². The average molecular weight is 1360 g/mol. The zero-order chi connectivity index (χ0) is 69.2. The predicted octanol–water partition coefficient (Wildman–Crippen LogP) is 12.7. The van der Waals surface area contributed by atoms with Crippen molar-refractivity contribution in [3.63, 3.8) is 0 Å². The minimum Gasteiger partial charge on any atom is -0.478 e. The molecule has 3 aliphatic carbocycles. The molecule has 0 radical (unpaired) electrons. The summed E-state index contributed by atoms with van der Waals surface area (Å²) < 4.78 is 19.4. The number of pyridine rings is 6. The number of carboxylic acid groups (broad SMARTS) is 1. The van der Waals surface area contributed by atoms with Gasteiger partial charge in [0.2, 0.25) is 0 Å². The van der Waals surface area contributed by atoms with Gasteiger partial charge in [0.1, 0.15) is 5.60 Å². The van der Waals surface area contributed by atoms with E-state index in [2.05, 4.69) is 61.6 Å². The molecule has 98 heavy (non-hydrogen) atoms. The van der Waals surface area contributed by atoms with Crippen molar-refractivity contribution in [1.82, 2.24) is 39.7 Å². The molecule has 4 aliphatic rings. The minimum atomic E-state index is -1.56. The van der Waals surface area contributed by atoms with E-state index in [9.17, 15) is 34.3 Å². The lowest BCUT2D eigenvalue weighted by Gasteiger charge is -2.64. The van der Waals surface area contributed by atoms with E-state index in [4.69, 9.17) is 19.0 Å². The summed E-state index contributed by atoms with van der Waals surface area (Å²) in [5.74, 6) is 1.15. The van der Waals surface area contributed by atoms with Crippen molar-refractivity contribution >= 4 is 61.3 Å². The van der Waals surface area contributed by atoms with Gasteiger partial charge in [0.15, 0.2) is 11.6 Å². The number of rotatable bonds is 32. The van der Waals surface area contributed by atoms with Gasteiger partial charge in [0.25, 0.3) is 0 Å². The SMILES string of the molecule is CC(C)(C)OC(=O)c1cccc(CC(SCCCC(=O)c2ccc(CN(Cc3ccccn3)Cc3ccccn3)nc2)B2OC3CC4CC(C4(C)C)C3(C)O2)c1.O=C(O)c1cccc(CC(SCCCC(=O)c2ccc(CN(Cc3ccccn3)Cc3ccccn3)nc2)B(O)O)c1. The molecule has 18 nitrogen and oxygen atoms in total. The van der Waals surface area contributed by atoms with Crippen molar-refractivity contribution < 1.29 is 48.4 Å². The van der Waals surface area contributed by atoms with E-state index in [-0.39, 0.29) is 52.5 Å². The number of hydrogen-bond donors (Lipinski definition) is 3. The van der Waals surface area contributed by atoms with Crippen LogP contribution in [0.2, 0.25) is 0 Å². The maximum absolute atomic E-state index is 13.4. The first-order chi connectivity index (χ1) is 47.1. The zero-order valence-corrected chi connectivity index (χ0v) is 58.4. The first-order valence-corrected chi connectivity index (χ1v) is 35.8. The summed E-state index contributed by atoms with van der Waals surface area (Å²) in [5, 5.41) is 28.3. The van der Waals surface area contributed by atoms with Crippen LogP contribution in [0.1, 0.15) is 167 Å². The molecule has 0 spiro atoms. The Morgan fingerprint density at radius 1 is 0.582 bits per heavy atom. The number of aromatic carboxylic acids is 1. The molecule has 0 amide bonds. The summed E-state index contributed by atoms with van der Waals surface area (Å²) in [6, 6.07) is 45.2. The fraction of sp³-hybridized carbons (Fsp3) is 0.395. The Hall–Kier alpha value is -7.79. The van der Waals surface area contributed by atoms with Crippen molar-refractivity contribution in [2.24, 2.45) is 17.3 Å².